The number of alkyl halides is 3. The lowest BCUT2D eigenvalue weighted by molar-refractivity contribution is -0.141. The number of carbonyl (C=O) groups is 6. The lowest BCUT2D eigenvalue weighted by atomic mass is 10.1. The second-order valence-corrected chi connectivity index (χ2v) is 13.0. The van der Waals surface area contributed by atoms with E-state index in [9.17, 15) is 41.9 Å². The van der Waals surface area contributed by atoms with Gasteiger partial charge in [-0.3, -0.25) is 0 Å². The van der Waals surface area contributed by atoms with Crippen LogP contribution < -0.4 is 23.7 Å². The van der Waals surface area contributed by atoms with Gasteiger partial charge < -0.3 is 28.4 Å². The molecule has 0 bridgehead atoms. The average molecular weight is 867 g/mol. The molecule has 0 radical (unpaired) electrons. The summed E-state index contributed by atoms with van der Waals surface area (Å²) < 4.78 is 88.0. The normalized spacial score (nSPS) is 11.0. The molecule has 4 rings (SSSR count). The minimum absolute atomic E-state index is 0.00979. The third-order valence-electron chi connectivity index (χ3n) is 8.23. The SMILES string of the molecule is C=CC(=O)Oc1ccc(C#Cc2cc(F)c(C(=O)O/C(C)=C(\C)c3ccc(OC(=O)c4ccc(OC(=O)C(=C)C)c(C(F)(F)F)c4)cc3)cc2OC(=O)C(=C)C)c(OC(=O)C=C)c1. The molecule has 63 heavy (non-hydrogen) atoms. The van der Waals surface area contributed by atoms with Crippen molar-refractivity contribution < 1.29 is 74.8 Å². The number of halogens is 4. The van der Waals surface area contributed by atoms with Gasteiger partial charge in [-0.05, 0) is 93.4 Å². The molecule has 0 fully saturated rings. The Balaban J connectivity index is 1.59. The molecule has 0 saturated carbocycles. The van der Waals surface area contributed by atoms with Crippen molar-refractivity contribution in [2.45, 2.75) is 33.9 Å². The van der Waals surface area contributed by atoms with Crippen LogP contribution in [0.2, 0.25) is 0 Å². The lowest BCUT2D eigenvalue weighted by Crippen LogP contribution is -2.16. The van der Waals surface area contributed by atoms with Crippen molar-refractivity contribution in [1.82, 2.24) is 0 Å². The van der Waals surface area contributed by atoms with Crippen molar-refractivity contribution in [3.8, 4) is 40.6 Å². The van der Waals surface area contributed by atoms with E-state index in [4.69, 9.17) is 28.4 Å². The van der Waals surface area contributed by atoms with Gasteiger partial charge in [-0.2, -0.15) is 13.2 Å². The number of hydrogen-bond acceptors (Lipinski definition) is 12. The topological polar surface area (TPSA) is 158 Å². The maximum Gasteiger partial charge on any atom is 0.420 e. The summed E-state index contributed by atoms with van der Waals surface area (Å²) in [6.45, 7) is 19.0. The lowest BCUT2D eigenvalue weighted by Gasteiger charge is -2.14. The minimum atomic E-state index is -4.99. The molecule has 0 atom stereocenters. The summed E-state index contributed by atoms with van der Waals surface area (Å²) in [5, 5.41) is 0. The fourth-order valence-corrected chi connectivity index (χ4v) is 4.84. The molecule has 4 aromatic rings. The highest BCUT2D eigenvalue weighted by Crippen LogP contribution is 2.37. The molecule has 0 amide bonds. The van der Waals surface area contributed by atoms with E-state index in [1.165, 1.54) is 63.2 Å². The third-order valence-corrected chi connectivity index (χ3v) is 8.23. The summed E-state index contributed by atoms with van der Waals surface area (Å²) in [4.78, 5) is 74.3. The van der Waals surface area contributed by atoms with Crippen LogP contribution in [0.4, 0.5) is 17.6 Å². The monoisotopic (exact) mass is 866 g/mol. The van der Waals surface area contributed by atoms with Gasteiger partial charge in [-0.1, -0.05) is 50.3 Å². The molecular weight excluding hydrogens is 832 g/mol. The zero-order valence-electron chi connectivity index (χ0n) is 33.8. The Bertz CT molecular complexity index is 2690. The Hall–Kier alpha value is -8.32. The Morgan fingerprint density at radius 3 is 1.71 bits per heavy atom. The molecule has 0 saturated heterocycles. The maximum absolute atomic E-state index is 15.6. The minimum Gasteiger partial charge on any atom is -0.427 e. The summed E-state index contributed by atoms with van der Waals surface area (Å²) in [5.74, 6) is -3.40. The Morgan fingerprint density at radius 2 is 1.13 bits per heavy atom. The van der Waals surface area contributed by atoms with Crippen LogP contribution in [-0.4, -0.2) is 35.8 Å². The fraction of sp³-hybridized carbons (Fsp3) is 0.106. The Labute approximate surface area is 357 Å². The number of esters is 6. The van der Waals surface area contributed by atoms with Crippen molar-refractivity contribution in [2.24, 2.45) is 0 Å². The molecule has 0 unspecified atom stereocenters. The number of benzene rings is 4. The Morgan fingerprint density at radius 1 is 0.587 bits per heavy atom. The zero-order valence-corrected chi connectivity index (χ0v) is 33.8. The second kappa shape index (κ2) is 20.3. The number of rotatable bonds is 13. The van der Waals surface area contributed by atoms with Crippen LogP contribution in [0.15, 0.2) is 128 Å². The Kier molecular flexibility index (Phi) is 15.3. The largest absolute Gasteiger partial charge is 0.427 e. The van der Waals surface area contributed by atoms with Gasteiger partial charge in [0.05, 0.1) is 27.8 Å². The zero-order chi connectivity index (χ0) is 46.8. The van der Waals surface area contributed by atoms with Gasteiger partial charge in [0, 0.05) is 29.4 Å². The van der Waals surface area contributed by atoms with Crippen LogP contribution in [0.1, 0.15) is 70.7 Å². The molecule has 0 N–H and O–H groups in total. The van der Waals surface area contributed by atoms with Gasteiger partial charge >= 0.3 is 42.0 Å². The molecule has 322 valence electrons. The second-order valence-electron chi connectivity index (χ2n) is 13.0. The fourth-order valence-electron chi connectivity index (χ4n) is 4.84. The molecule has 0 aliphatic carbocycles. The summed E-state index contributed by atoms with van der Waals surface area (Å²) in [6.07, 6.45) is -3.21. The van der Waals surface area contributed by atoms with E-state index in [-0.39, 0.29) is 51.0 Å². The van der Waals surface area contributed by atoms with Crippen LogP contribution in [0.25, 0.3) is 5.57 Å². The van der Waals surface area contributed by atoms with Gasteiger partial charge in [0.2, 0.25) is 0 Å². The first-order valence-corrected chi connectivity index (χ1v) is 18.0. The van der Waals surface area contributed by atoms with Crippen molar-refractivity contribution in [3.05, 3.63) is 167 Å². The quantitative estimate of drug-likeness (QED) is 0.0314. The maximum atomic E-state index is 15.6. The first-order valence-electron chi connectivity index (χ1n) is 18.0. The molecule has 16 heteroatoms. The van der Waals surface area contributed by atoms with E-state index in [0.717, 1.165) is 36.4 Å². The predicted octanol–water partition coefficient (Wildman–Crippen LogP) is 9.22. The number of allylic oxidation sites excluding steroid dienone is 2. The standard InChI is InChI=1S/C47H34F4O12/c1-9-41(52)59-34-19-15-30(39(23-34)61-42(53)10-2)11-12-31-22-37(48)35(24-40(31)63-44(55)26(5)6)46(57)58-28(8)27(7)29-13-17-33(18-14-29)60-45(56)32-16-20-38(62-43(54)25(3)4)36(21-32)47(49,50)51/h9-10,13-24H,1-3,5H2,4,6-8H3/b28-27+. The van der Waals surface area contributed by atoms with E-state index in [1.54, 1.807) is 6.92 Å². The summed E-state index contributed by atoms with van der Waals surface area (Å²) in [7, 11) is 0. The highest BCUT2D eigenvalue weighted by atomic mass is 19.4. The first kappa shape index (κ1) is 47.4. The van der Waals surface area contributed by atoms with E-state index >= 15 is 4.39 Å². The van der Waals surface area contributed by atoms with Gasteiger partial charge in [0.25, 0.3) is 0 Å². The molecular formula is C47H34F4O12. The van der Waals surface area contributed by atoms with E-state index in [2.05, 4.69) is 38.2 Å². The highest BCUT2D eigenvalue weighted by Gasteiger charge is 2.36. The first-order chi connectivity index (χ1) is 29.6. The van der Waals surface area contributed by atoms with Crippen molar-refractivity contribution in [1.29, 1.82) is 0 Å². The van der Waals surface area contributed by atoms with Gasteiger partial charge in [0.15, 0.2) is 5.75 Å². The predicted molar refractivity (Wildman–Crippen MR) is 218 cm³/mol. The van der Waals surface area contributed by atoms with E-state index < -0.39 is 70.2 Å². The number of carbonyl (C=O) groups excluding carboxylic acids is 6. The smallest absolute Gasteiger partial charge is 0.420 e. The van der Waals surface area contributed by atoms with Crippen LogP contribution >= 0.6 is 0 Å². The van der Waals surface area contributed by atoms with Crippen molar-refractivity contribution in [2.75, 3.05) is 0 Å². The molecule has 0 heterocycles. The summed E-state index contributed by atoms with van der Waals surface area (Å²) >= 11 is 0. The van der Waals surface area contributed by atoms with Crippen LogP contribution in [0.5, 0.6) is 28.7 Å². The number of ether oxygens (including phenoxy) is 6. The molecule has 0 aliphatic heterocycles. The third kappa shape index (κ3) is 12.6. The van der Waals surface area contributed by atoms with Crippen LogP contribution in [-0.2, 0) is 30.1 Å². The van der Waals surface area contributed by atoms with Crippen molar-refractivity contribution >= 4 is 41.4 Å². The molecule has 0 spiro atoms. The summed E-state index contributed by atoms with van der Waals surface area (Å²) in [6, 6.07) is 13.4. The van der Waals surface area contributed by atoms with E-state index in [0.29, 0.717) is 17.2 Å². The van der Waals surface area contributed by atoms with Crippen LogP contribution in [0, 0.1) is 17.7 Å². The van der Waals surface area contributed by atoms with Crippen molar-refractivity contribution in [3.63, 3.8) is 0 Å². The van der Waals surface area contributed by atoms with Crippen LogP contribution in [0.3, 0.4) is 0 Å². The summed E-state index contributed by atoms with van der Waals surface area (Å²) in [5.41, 5.74) is -2.14. The van der Waals surface area contributed by atoms with Gasteiger partial charge in [-0.15, -0.1) is 0 Å². The molecule has 12 nitrogen and oxygen atoms in total. The van der Waals surface area contributed by atoms with Gasteiger partial charge in [-0.25, -0.2) is 33.2 Å². The molecule has 4 aromatic carbocycles. The van der Waals surface area contributed by atoms with Gasteiger partial charge in [0.1, 0.15) is 34.6 Å². The molecule has 0 aliphatic rings. The average Bonchev–Trinajstić information content (AvgIpc) is 3.23. The van der Waals surface area contributed by atoms with E-state index in [1.807, 2.05) is 0 Å². The molecule has 0 aromatic heterocycles. The highest BCUT2D eigenvalue weighted by molar-refractivity contribution is 5.94. The number of hydrogen-bond donors (Lipinski definition) is 0.